The Hall–Kier alpha value is -1.16. The number of rotatable bonds is 4. The van der Waals surface area contributed by atoms with E-state index >= 15 is 0 Å². The maximum absolute atomic E-state index is 4.55. The number of hydrogen-bond acceptors (Lipinski definition) is 4. The number of nitrogens with zero attached hydrogens (tertiary/aromatic N) is 4. The summed E-state index contributed by atoms with van der Waals surface area (Å²) in [5.74, 6) is 2.22. The van der Waals surface area contributed by atoms with Crippen molar-refractivity contribution in [2.75, 3.05) is 37.6 Å². The smallest absolute Gasteiger partial charge is 0.147 e. The lowest BCUT2D eigenvalue weighted by Crippen LogP contribution is -2.47. The number of anilines is 1. The van der Waals surface area contributed by atoms with Gasteiger partial charge in [-0.15, -0.1) is 0 Å². The molecule has 0 amide bonds. The van der Waals surface area contributed by atoms with Crippen molar-refractivity contribution < 1.29 is 0 Å². The van der Waals surface area contributed by atoms with Crippen LogP contribution in [-0.2, 0) is 0 Å². The van der Waals surface area contributed by atoms with E-state index in [1.54, 1.807) is 0 Å². The molecule has 4 nitrogen and oxygen atoms in total. The number of aromatic nitrogens is 2. The predicted octanol–water partition coefficient (Wildman–Crippen LogP) is 3.40. The second kappa shape index (κ2) is 8.98. The van der Waals surface area contributed by atoms with E-state index in [0.717, 1.165) is 43.6 Å². The molecule has 1 aliphatic rings. The molecule has 1 aliphatic heterocycles. The molecule has 2 heterocycles. The van der Waals surface area contributed by atoms with Gasteiger partial charge in [-0.2, -0.15) is 0 Å². The SMILES string of the molecule is CC.CC(C)CN1CCN(c2cnc(C(C)C)cn2)CC1. The molecule has 120 valence electrons. The van der Waals surface area contributed by atoms with E-state index in [1.807, 2.05) is 26.2 Å². The van der Waals surface area contributed by atoms with Crippen molar-refractivity contribution in [1.82, 2.24) is 14.9 Å². The Balaban J connectivity index is 0.00000106. The van der Waals surface area contributed by atoms with E-state index in [9.17, 15) is 0 Å². The average molecular weight is 292 g/mol. The lowest BCUT2D eigenvalue weighted by atomic mass is 10.1. The van der Waals surface area contributed by atoms with Gasteiger partial charge >= 0.3 is 0 Å². The minimum Gasteiger partial charge on any atom is -0.353 e. The normalized spacial score (nSPS) is 16.1. The van der Waals surface area contributed by atoms with Crippen LogP contribution in [0, 0.1) is 5.92 Å². The highest BCUT2D eigenvalue weighted by Gasteiger charge is 2.18. The van der Waals surface area contributed by atoms with Gasteiger partial charge in [-0.1, -0.05) is 41.5 Å². The van der Waals surface area contributed by atoms with Gasteiger partial charge in [0.05, 0.1) is 18.1 Å². The third kappa shape index (κ3) is 5.62. The molecule has 0 bridgehead atoms. The highest BCUT2D eigenvalue weighted by atomic mass is 15.3. The van der Waals surface area contributed by atoms with Crippen molar-refractivity contribution in [2.45, 2.75) is 47.5 Å². The summed E-state index contributed by atoms with van der Waals surface area (Å²) in [6, 6.07) is 0. The molecule has 2 rings (SSSR count). The summed E-state index contributed by atoms with van der Waals surface area (Å²) in [6.07, 6.45) is 3.84. The fourth-order valence-corrected chi connectivity index (χ4v) is 2.47. The molecule has 0 N–H and O–H groups in total. The highest BCUT2D eigenvalue weighted by Crippen LogP contribution is 2.16. The molecule has 0 atom stereocenters. The third-order valence-corrected chi connectivity index (χ3v) is 3.57. The van der Waals surface area contributed by atoms with Crippen molar-refractivity contribution in [3.05, 3.63) is 18.1 Å². The van der Waals surface area contributed by atoms with E-state index in [2.05, 4.69) is 47.5 Å². The molecular weight excluding hydrogens is 260 g/mol. The summed E-state index contributed by atoms with van der Waals surface area (Å²) < 4.78 is 0. The van der Waals surface area contributed by atoms with Gasteiger partial charge in [0.15, 0.2) is 0 Å². The van der Waals surface area contributed by atoms with Crippen molar-refractivity contribution in [3.63, 3.8) is 0 Å². The minimum atomic E-state index is 0.449. The quantitative estimate of drug-likeness (QED) is 0.851. The van der Waals surface area contributed by atoms with Gasteiger partial charge < -0.3 is 4.90 Å². The summed E-state index contributed by atoms with van der Waals surface area (Å²) in [5, 5.41) is 0. The molecule has 1 saturated heterocycles. The van der Waals surface area contributed by atoms with E-state index in [-0.39, 0.29) is 0 Å². The van der Waals surface area contributed by atoms with Crippen molar-refractivity contribution in [2.24, 2.45) is 5.92 Å². The lowest BCUT2D eigenvalue weighted by molar-refractivity contribution is 0.231. The van der Waals surface area contributed by atoms with E-state index < -0.39 is 0 Å². The minimum absolute atomic E-state index is 0.449. The Morgan fingerprint density at radius 1 is 0.952 bits per heavy atom. The number of piperazine rings is 1. The summed E-state index contributed by atoms with van der Waals surface area (Å²) in [7, 11) is 0. The van der Waals surface area contributed by atoms with E-state index in [1.165, 1.54) is 6.54 Å². The van der Waals surface area contributed by atoms with Gasteiger partial charge in [-0.3, -0.25) is 9.88 Å². The second-order valence-corrected chi connectivity index (χ2v) is 6.14. The van der Waals surface area contributed by atoms with Crippen LogP contribution in [0.4, 0.5) is 5.82 Å². The van der Waals surface area contributed by atoms with Crippen LogP contribution >= 0.6 is 0 Å². The first-order valence-electron chi connectivity index (χ1n) is 8.35. The molecule has 1 aromatic heterocycles. The van der Waals surface area contributed by atoms with Gasteiger partial charge in [-0.25, -0.2) is 4.98 Å². The van der Waals surface area contributed by atoms with Crippen LogP contribution in [0.2, 0.25) is 0 Å². The Morgan fingerprint density at radius 2 is 1.57 bits per heavy atom. The second-order valence-electron chi connectivity index (χ2n) is 6.14. The molecule has 0 aliphatic carbocycles. The summed E-state index contributed by atoms with van der Waals surface area (Å²) in [4.78, 5) is 13.9. The molecule has 1 aromatic rings. The molecule has 21 heavy (non-hydrogen) atoms. The van der Waals surface area contributed by atoms with Crippen LogP contribution < -0.4 is 4.90 Å². The monoisotopic (exact) mass is 292 g/mol. The molecule has 0 spiro atoms. The van der Waals surface area contributed by atoms with E-state index in [0.29, 0.717) is 5.92 Å². The Bertz CT molecular complexity index is 378. The van der Waals surface area contributed by atoms with Crippen LogP contribution in [-0.4, -0.2) is 47.6 Å². The topological polar surface area (TPSA) is 32.3 Å². The first-order chi connectivity index (χ1) is 10.1. The van der Waals surface area contributed by atoms with Gasteiger partial charge in [0.1, 0.15) is 5.82 Å². The first-order valence-corrected chi connectivity index (χ1v) is 8.35. The molecule has 4 heteroatoms. The van der Waals surface area contributed by atoms with Gasteiger partial charge in [0.25, 0.3) is 0 Å². The van der Waals surface area contributed by atoms with Crippen LogP contribution in [0.25, 0.3) is 0 Å². The predicted molar refractivity (Wildman–Crippen MR) is 91.0 cm³/mol. The summed E-state index contributed by atoms with van der Waals surface area (Å²) >= 11 is 0. The molecule has 1 fully saturated rings. The fraction of sp³-hybridized carbons (Fsp3) is 0.765. The number of hydrogen-bond donors (Lipinski definition) is 0. The largest absolute Gasteiger partial charge is 0.353 e. The highest BCUT2D eigenvalue weighted by molar-refractivity contribution is 5.36. The first kappa shape index (κ1) is 17.9. The van der Waals surface area contributed by atoms with Gasteiger partial charge in [-0.05, 0) is 11.8 Å². The summed E-state index contributed by atoms with van der Waals surface area (Å²) in [6.45, 7) is 18.4. The maximum atomic E-state index is 4.55. The van der Waals surface area contributed by atoms with Crippen molar-refractivity contribution in [3.8, 4) is 0 Å². The van der Waals surface area contributed by atoms with Crippen LogP contribution in [0.5, 0.6) is 0 Å². The summed E-state index contributed by atoms with van der Waals surface area (Å²) in [5.41, 5.74) is 1.07. The van der Waals surface area contributed by atoms with Gasteiger partial charge in [0, 0.05) is 32.7 Å². The maximum Gasteiger partial charge on any atom is 0.147 e. The zero-order valence-corrected chi connectivity index (χ0v) is 14.6. The van der Waals surface area contributed by atoms with Crippen molar-refractivity contribution >= 4 is 5.82 Å². The average Bonchev–Trinajstić information content (AvgIpc) is 2.49. The van der Waals surface area contributed by atoms with Crippen LogP contribution in [0.15, 0.2) is 12.4 Å². The third-order valence-electron chi connectivity index (χ3n) is 3.57. The molecule has 0 unspecified atom stereocenters. The zero-order valence-electron chi connectivity index (χ0n) is 14.6. The van der Waals surface area contributed by atoms with Crippen LogP contribution in [0.1, 0.15) is 53.2 Å². The Labute approximate surface area is 130 Å². The van der Waals surface area contributed by atoms with E-state index in [4.69, 9.17) is 0 Å². The lowest BCUT2D eigenvalue weighted by Gasteiger charge is -2.36. The molecule has 0 saturated carbocycles. The fourth-order valence-electron chi connectivity index (χ4n) is 2.47. The Kier molecular flexibility index (Phi) is 7.65. The van der Waals surface area contributed by atoms with Crippen LogP contribution in [0.3, 0.4) is 0 Å². The molecule has 0 aromatic carbocycles. The molecule has 0 radical (unpaired) electrons. The van der Waals surface area contributed by atoms with Crippen molar-refractivity contribution in [1.29, 1.82) is 0 Å². The Morgan fingerprint density at radius 3 is 2.00 bits per heavy atom. The standard InChI is InChI=1S/C15H26N4.C2H6/c1-12(2)11-18-5-7-19(8-6-18)15-10-16-14(9-17-15)13(3)4;1-2/h9-10,12-13H,5-8,11H2,1-4H3;1-2H3. The van der Waals surface area contributed by atoms with Gasteiger partial charge in [0.2, 0.25) is 0 Å². The zero-order chi connectivity index (χ0) is 15.8. The molecular formula is C17H32N4.